The Bertz CT molecular complexity index is 1240. The Morgan fingerprint density at radius 3 is 2.16 bits per heavy atom. The molecule has 0 heterocycles. The average molecular weight is 514 g/mol. The molecule has 1 aliphatic rings. The molecule has 12 heteroatoms. The molecule has 0 radical (unpaired) electrons. The van der Waals surface area contributed by atoms with Crippen LogP contribution in [0, 0.1) is 11.7 Å². The number of sulfonamides is 1. The van der Waals surface area contributed by atoms with Gasteiger partial charge in [-0.2, -0.15) is 13.2 Å². The summed E-state index contributed by atoms with van der Waals surface area (Å²) < 4.78 is 104. The fourth-order valence-electron chi connectivity index (χ4n) is 3.58. The van der Waals surface area contributed by atoms with E-state index < -0.39 is 59.0 Å². The first-order valence-electron chi connectivity index (χ1n) is 9.45. The van der Waals surface area contributed by atoms with Crippen LogP contribution in [-0.4, -0.2) is 27.6 Å². The molecule has 5 nitrogen and oxygen atoms in total. The molecular formula is C20H20ClF4NO4S2. The Morgan fingerprint density at radius 2 is 1.59 bits per heavy atom. The first-order chi connectivity index (χ1) is 14.6. The minimum Gasteiger partial charge on any atom is -0.223 e. The molecule has 32 heavy (non-hydrogen) atoms. The highest BCUT2D eigenvalue weighted by Gasteiger charge is 2.49. The van der Waals surface area contributed by atoms with E-state index in [-0.39, 0.29) is 22.8 Å². The number of hydrogen-bond acceptors (Lipinski definition) is 4. The van der Waals surface area contributed by atoms with E-state index >= 15 is 0 Å². The van der Waals surface area contributed by atoms with Gasteiger partial charge in [0, 0.05) is 6.04 Å². The highest BCUT2D eigenvalue weighted by molar-refractivity contribution is 7.92. The summed E-state index contributed by atoms with van der Waals surface area (Å²) in [5.74, 6) is -1.26. The molecule has 0 unspecified atom stereocenters. The van der Waals surface area contributed by atoms with Gasteiger partial charge in [-0.1, -0.05) is 17.7 Å². The average Bonchev–Trinajstić information content (AvgIpc) is 2.65. The maximum Gasteiger partial charge on any atom is 0.416 e. The minimum atomic E-state index is -4.68. The van der Waals surface area contributed by atoms with Crippen molar-refractivity contribution >= 4 is 31.5 Å². The third kappa shape index (κ3) is 4.66. The van der Waals surface area contributed by atoms with Crippen LogP contribution in [0.25, 0.3) is 0 Å². The van der Waals surface area contributed by atoms with Gasteiger partial charge in [-0.3, -0.25) is 0 Å². The lowest BCUT2D eigenvalue weighted by atomic mass is 9.73. The van der Waals surface area contributed by atoms with Crippen LogP contribution < -0.4 is 4.72 Å². The zero-order chi connectivity index (χ0) is 24.1. The number of rotatable bonds is 6. The van der Waals surface area contributed by atoms with Gasteiger partial charge in [-0.15, -0.1) is 0 Å². The third-order valence-electron chi connectivity index (χ3n) is 5.81. The van der Waals surface area contributed by atoms with Crippen molar-refractivity contribution in [1.82, 2.24) is 4.72 Å². The summed E-state index contributed by atoms with van der Waals surface area (Å²) in [7, 11) is -8.16. The second-order valence-corrected chi connectivity index (χ2v) is 12.8. The standard InChI is InChI=1S/C20H20ClF4NO4S2/c1-19(2,31(27,28)15-5-3-4-12(10-15)20(23,24)25)13-8-14(9-13)26-32(29,30)16-6-7-18(22)17(21)11-16/h3-7,10-11,13-14,26H,8-9H2,1-2H3/t13-,14+. The number of nitrogens with one attached hydrogen (secondary N) is 1. The quantitative estimate of drug-likeness (QED) is 0.562. The minimum absolute atomic E-state index is 0.166. The lowest BCUT2D eigenvalue weighted by Crippen LogP contribution is -2.53. The lowest BCUT2D eigenvalue weighted by Gasteiger charge is -2.44. The van der Waals surface area contributed by atoms with Crippen LogP contribution in [0.5, 0.6) is 0 Å². The van der Waals surface area contributed by atoms with Crippen molar-refractivity contribution in [3.05, 3.63) is 58.9 Å². The summed E-state index contributed by atoms with van der Waals surface area (Å²) in [5.41, 5.74) is -1.06. The molecule has 0 aliphatic heterocycles. The molecule has 0 saturated heterocycles. The fraction of sp³-hybridized carbons (Fsp3) is 0.400. The molecule has 0 aromatic heterocycles. The molecule has 0 atom stereocenters. The maximum absolute atomic E-state index is 13.3. The molecule has 1 aliphatic carbocycles. The van der Waals surface area contributed by atoms with Gasteiger partial charge in [0.25, 0.3) is 0 Å². The summed E-state index contributed by atoms with van der Waals surface area (Å²) in [6.07, 6.45) is -4.35. The highest BCUT2D eigenvalue weighted by atomic mass is 35.5. The van der Waals surface area contributed by atoms with E-state index in [9.17, 15) is 34.4 Å². The topological polar surface area (TPSA) is 80.3 Å². The van der Waals surface area contributed by atoms with E-state index in [2.05, 4.69) is 4.72 Å². The lowest BCUT2D eigenvalue weighted by molar-refractivity contribution is -0.137. The van der Waals surface area contributed by atoms with Crippen molar-refractivity contribution in [1.29, 1.82) is 0 Å². The van der Waals surface area contributed by atoms with E-state index in [4.69, 9.17) is 11.6 Å². The zero-order valence-electron chi connectivity index (χ0n) is 16.9. The van der Waals surface area contributed by atoms with Crippen LogP contribution in [-0.2, 0) is 26.0 Å². The Balaban J connectivity index is 1.74. The molecule has 0 bridgehead atoms. The molecule has 176 valence electrons. The van der Waals surface area contributed by atoms with Crippen molar-refractivity contribution in [3.8, 4) is 0 Å². The molecule has 1 N–H and O–H groups in total. The van der Waals surface area contributed by atoms with Gasteiger partial charge in [0.1, 0.15) is 5.82 Å². The van der Waals surface area contributed by atoms with Crippen molar-refractivity contribution in [2.75, 3.05) is 0 Å². The number of sulfone groups is 1. The second kappa shape index (κ2) is 8.27. The molecule has 0 amide bonds. The molecule has 1 saturated carbocycles. The summed E-state index contributed by atoms with van der Waals surface area (Å²) in [4.78, 5) is -0.675. The van der Waals surface area contributed by atoms with Crippen molar-refractivity contribution in [2.45, 2.75) is 53.4 Å². The van der Waals surface area contributed by atoms with E-state index in [1.54, 1.807) is 0 Å². The van der Waals surface area contributed by atoms with E-state index in [1.807, 2.05) is 0 Å². The van der Waals surface area contributed by atoms with Crippen LogP contribution in [0.4, 0.5) is 17.6 Å². The first-order valence-corrected chi connectivity index (χ1v) is 12.8. The Hall–Kier alpha value is -1.69. The molecule has 2 aromatic carbocycles. The monoisotopic (exact) mass is 513 g/mol. The SMILES string of the molecule is CC(C)([C@H]1C[C@@H](NS(=O)(=O)c2ccc(F)c(Cl)c2)C1)S(=O)(=O)c1cccc(C(F)(F)F)c1. The van der Waals surface area contributed by atoms with E-state index in [0.717, 1.165) is 36.4 Å². The third-order valence-corrected chi connectivity index (χ3v) is 10.2. The summed E-state index contributed by atoms with van der Waals surface area (Å²) in [6, 6.07) is 5.92. The van der Waals surface area contributed by atoms with E-state index in [0.29, 0.717) is 6.07 Å². The second-order valence-electron chi connectivity index (χ2n) is 8.19. The summed E-state index contributed by atoms with van der Waals surface area (Å²) in [6.45, 7) is 2.83. The molecule has 2 aromatic rings. The van der Waals surface area contributed by atoms with Crippen molar-refractivity contribution < 1.29 is 34.4 Å². The normalized spacial score (nSPS) is 20.1. The van der Waals surface area contributed by atoms with Gasteiger partial charge < -0.3 is 0 Å². The largest absolute Gasteiger partial charge is 0.416 e. The van der Waals surface area contributed by atoms with Gasteiger partial charge in [-0.25, -0.2) is 25.9 Å². The zero-order valence-corrected chi connectivity index (χ0v) is 19.3. The Morgan fingerprint density at radius 1 is 0.969 bits per heavy atom. The van der Waals surface area contributed by atoms with Crippen LogP contribution in [0.15, 0.2) is 52.3 Å². The Labute approximate surface area is 188 Å². The molecule has 3 rings (SSSR count). The summed E-state index contributed by atoms with van der Waals surface area (Å²) >= 11 is 5.63. The van der Waals surface area contributed by atoms with Crippen LogP contribution in [0.3, 0.4) is 0 Å². The van der Waals surface area contributed by atoms with Crippen LogP contribution >= 0.6 is 11.6 Å². The summed E-state index contributed by atoms with van der Waals surface area (Å²) in [5, 5.41) is -0.354. The molecule has 0 spiro atoms. The number of alkyl halides is 3. The predicted molar refractivity (Wildman–Crippen MR) is 111 cm³/mol. The number of benzene rings is 2. The molecule has 1 fully saturated rings. The maximum atomic E-state index is 13.3. The molecular weight excluding hydrogens is 494 g/mol. The number of halogens is 5. The highest BCUT2D eigenvalue weighted by Crippen LogP contribution is 2.44. The smallest absolute Gasteiger partial charge is 0.223 e. The first kappa shape index (κ1) is 24.9. The Kier molecular flexibility index (Phi) is 6.44. The van der Waals surface area contributed by atoms with Crippen molar-refractivity contribution in [2.24, 2.45) is 5.92 Å². The van der Waals surface area contributed by atoms with Gasteiger partial charge in [0.2, 0.25) is 10.0 Å². The van der Waals surface area contributed by atoms with Crippen molar-refractivity contribution in [3.63, 3.8) is 0 Å². The van der Waals surface area contributed by atoms with Gasteiger partial charge >= 0.3 is 6.18 Å². The van der Waals surface area contributed by atoms with Gasteiger partial charge in [-0.05, 0) is 69.0 Å². The van der Waals surface area contributed by atoms with Gasteiger partial charge in [0.05, 0.1) is 25.1 Å². The van der Waals surface area contributed by atoms with Crippen LogP contribution in [0.1, 0.15) is 32.3 Å². The van der Waals surface area contributed by atoms with Crippen LogP contribution in [0.2, 0.25) is 5.02 Å². The number of hydrogen-bond donors (Lipinski definition) is 1. The predicted octanol–water partition coefficient (Wildman–Crippen LogP) is 4.81. The fourth-order valence-corrected chi connectivity index (χ4v) is 6.89. The van der Waals surface area contributed by atoms with Gasteiger partial charge in [0.15, 0.2) is 9.84 Å². The van der Waals surface area contributed by atoms with E-state index in [1.165, 1.54) is 13.8 Å².